The first-order chi connectivity index (χ1) is 12.3. The number of nitrogens with zero attached hydrogens (tertiary/aromatic N) is 5. The summed E-state index contributed by atoms with van der Waals surface area (Å²) in [6.45, 7) is 0. The molecule has 5 rings (SSSR count). The maximum absolute atomic E-state index is 9.42. The van der Waals surface area contributed by atoms with Crippen LogP contribution >= 0.6 is 11.7 Å². The van der Waals surface area contributed by atoms with Gasteiger partial charge in [-0.15, -0.1) is 0 Å². The monoisotopic (exact) mass is 343 g/mol. The number of nitrogens with one attached hydrogen (secondary N) is 2. The highest BCUT2D eigenvalue weighted by Crippen LogP contribution is 2.25. The van der Waals surface area contributed by atoms with Gasteiger partial charge in [0.2, 0.25) is 0 Å². The third-order valence-corrected chi connectivity index (χ3v) is 4.71. The lowest BCUT2D eigenvalue weighted by molar-refractivity contribution is 0.923. The molecule has 0 bridgehead atoms. The quantitative estimate of drug-likeness (QED) is 0.488. The zero-order valence-corrected chi connectivity index (χ0v) is 13.5. The average Bonchev–Trinajstić information content (AvgIpc) is 3.24. The molecule has 0 aliphatic carbocycles. The van der Waals surface area contributed by atoms with Gasteiger partial charge in [0.15, 0.2) is 11.2 Å². The molecular weight excluding hydrogens is 334 g/mol. The topological polar surface area (TPSA) is 107 Å². The third kappa shape index (κ3) is 1.90. The van der Waals surface area contributed by atoms with E-state index in [1.807, 2.05) is 48.5 Å². The first kappa shape index (κ1) is 13.8. The average molecular weight is 343 g/mol. The Bertz CT molecular complexity index is 1380. The molecule has 2 N–H and O–H groups in total. The van der Waals surface area contributed by atoms with E-state index in [4.69, 9.17) is 5.41 Å². The fourth-order valence-corrected chi connectivity index (χ4v) is 3.53. The van der Waals surface area contributed by atoms with E-state index in [0.717, 1.165) is 39.4 Å². The van der Waals surface area contributed by atoms with Crippen LogP contribution in [0.5, 0.6) is 0 Å². The Balaban J connectivity index is 1.97. The Morgan fingerprint density at radius 3 is 2.84 bits per heavy atom. The maximum Gasteiger partial charge on any atom is 0.184 e. The number of fused-ring (bicyclic) bond motifs is 4. The highest BCUT2D eigenvalue weighted by atomic mass is 32.1. The number of nitriles is 1. The van der Waals surface area contributed by atoms with Crippen molar-refractivity contribution in [3.05, 3.63) is 53.6 Å². The summed E-state index contributed by atoms with van der Waals surface area (Å²) in [5.41, 5.74) is 4.66. The van der Waals surface area contributed by atoms with Crippen molar-refractivity contribution in [2.75, 3.05) is 0 Å². The van der Waals surface area contributed by atoms with Crippen LogP contribution in [0, 0.1) is 16.7 Å². The van der Waals surface area contributed by atoms with Crippen LogP contribution in [0.15, 0.2) is 42.5 Å². The first-order valence-electron chi connectivity index (χ1n) is 7.47. The van der Waals surface area contributed by atoms with Gasteiger partial charge >= 0.3 is 0 Å². The molecule has 0 saturated carbocycles. The number of hydrogen-bond acceptors (Lipinski definition) is 6. The van der Waals surface area contributed by atoms with Crippen molar-refractivity contribution in [3.8, 4) is 11.8 Å². The molecule has 25 heavy (non-hydrogen) atoms. The van der Waals surface area contributed by atoms with Gasteiger partial charge in [0, 0.05) is 10.9 Å². The molecule has 0 spiro atoms. The Hall–Kier alpha value is -3.57. The second-order valence-corrected chi connectivity index (χ2v) is 6.09. The van der Waals surface area contributed by atoms with Crippen molar-refractivity contribution < 1.29 is 0 Å². The zero-order valence-electron chi connectivity index (χ0n) is 12.7. The number of rotatable bonds is 1. The number of benzene rings is 2. The molecule has 0 fully saturated rings. The fraction of sp³-hybridized carbons (Fsp3) is 0. The highest BCUT2D eigenvalue weighted by Gasteiger charge is 2.15. The Kier molecular flexibility index (Phi) is 2.74. The predicted octanol–water partition coefficient (Wildman–Crippen LogP) is 2.86. The smallest absolute Gasteiger partial charge is 0.184 e. The molecule has 118 valence electrons. The van der Waals surface area contributed by atoms with Gasteiger partial charge in [-0.2, -0.15) is 14.0 Å². The van der Waals surface area contributed by atoms with Crippen LogP contribution < -0.4 is 5.49 Å². The maximum atomic E-state index is 9.42. The Morgan fingerprint density at radius 2 is 1.96 bits per heavy atom. The van der Waals surface area contributed by atoms with Crippen LogP contribution in [0.25, 0.3) is 38.8 Å². The number of aromatic nitrogens is 5. The molecule has 0 saturated heterocycles. The molecule has 3 heterocycles. The van der Waals surface area contributed by atoms with Gasteiger partial charge < -0.3 is 4.98 Å². The fourth-order valence-electron chi connectivity index (χ4n) is 3.02. The van der Waals surface area contributed by atoms with E-state index in [1.54, 1.807) is 4.57 Å². The summed E-state index contributed by atoms with van der Waals surface area (Å²) >= 11 is 1.15. The lowest BCUT2D eigenvalue weighted by Crippen LogP contribution is -2.23. The molecule has 8 heteroatoms. The number of H-pyrrole nitrogens is 1. The minimum Gasteiger partial charge on any atom is -0.339 e. The third-order valence-electron chi connectivity index (χ3n) is 4.16. The van der Waals surface area contributed by atoms with Gasteiger partial charge in [-0.3, -0.25) is 9.98 Å². The van der Waals surface area contributed by atoms with Crippen molar-refractivity contribution in [1.82, 2.24) is 23.3 Å². The summed E-state index contributed by atoms with van der Waals surface area (Å²) in [7, 11) is 0. The molecule has 0 radical (unpaired) electrons. The van der Waals surface area contributed by atoms with E-state index in [-0.39, 0.29) is 11.2 Å². The van der Waals surface area contributed by atoms with Crippen molar-refractivity contribution in [2.45, 2.75) is 0 Å². The van der Waals surface area contributed by atoms with Crippen molar-refractivity contribution >= 4 is 44.8 Å². The number of hydrogen-bond donors (Lipinski definition) is 2. The molecule has 2 aromatic carbocycles. The van der Waals surface area contributed by atoms with Crippen molar-refractivity contribution in [1.29, 1.82) is 10.7 Å². The van der Waals surface area contributed by atoms with Gasteiger partial charge in [-0.05, 0) is 24.3 Å². The van der Waals surface area contributed by atoms with E-state index in [2.05, 4.69) is 18.7 Å². The number of aromatic amines is 1. The van der Waals surface area contributed by atoms with E-state index < -0.39 is 0 Å². The van der Waals surface area contributed by atoms with Crippen LogP contribution in [-0.2, 0) is 0 Å². The summed E-state index contributed by atoms with van der Waals surface area (Å²) in [5, 5.41) is 18.8. The minimum atomic E-state index is 0.0316. The van der Waals surface area contributed by atoms with E-state index >= 15 is 0 Å². The molecule has 3 aromatic heterocycles. The largest absolute Gasteiger partial charge is 0.339 e. The molecule has 0 atom stereocenters. The predicted molar refractivity (Wildman–Crippen MR) is 94.5 cm³/mol. The second-order valence-electron chi connectivity index (χ2n) is 5.56. The Labute approximate surface area is 144 Å². The molecule has 0 aliphatic rings. The molecule has 0 amide bonds. The summed E-state index contributed by atoms with van der Waals surface area (Å²) in [6.07, 6.45) is 0. The van der Waals surface area contributed by atoms with Crippen LogP contribution in [0.3, 0.4) is 0 Å². The summed E-state index contributed by atoms with van der Waals surface area (Å²) < 4.78 is 10.2. The van der Waals surface area contributed by atoms with Crippen molar-refractivity contribution in [3.63, 3.8) is 0 Å². The Morgan fingerprint density at radius 1 is 1.12 bits per heavy atom. The molecular formula is C17H9N7S. The molecule has 0 unspecified atom stereocenters. The highest BCUT2D eigenvalue weighted by molar-refractivity contribution is 7.00. The van der Waals surface area contributed by atoms with Crippen LogP contribution in [0.1, 0.15) is 5.69 Å². The lowest BCUT2D eigenvalue weighted by atomic mass is 10.2. The van der Waals surface area contributed by atoms with Crippen LogP contribution in [-0.4, -0.2) is 23.3 Å². The van der Waals surface area contributed by atoms with Gasteiger partial charge in [-0.1, -0.05) is 18.2 Å². The SMILES string of the molecule is N#Cc1nc2c3ccccc3[nH]c2n(-c2ccc3nsnc3c2)c1=N. The molecule has 0 aliphatic heterocycles. The van der Waals surface area contributed by atoms with E-state index in [1.165, 1.54) is 0 Å². The lowest BCUT2D eigenvalue weighted by Gasteiger charge is -2.09. The summed E-state index contributed by atoms with van der Waals surface area (Å²) in [4.78, 5) is 7.71. The second kappa shape index (κ2) is 4.96. The van der Waals surface area contributed by atoms with Crippen LogP contribution in [0.4, 0.5) is 0 Å². The van der Waals surface area contributed by atoms with Crippen LogP contribution in [0.2, 0.25) is 0 Å². The van der Waals surface area contributed by atoms with Gasteiger partial charge in [-0.25, -0.2) is 4.98 Å². The van der Waals surface area contributed by atoms with Crippen molar-refractivity contribution in [2.24, 2.45) is 0 Å². The normalized spacial score (nSPS) is 11.3. The summed E-state index contributed by atoms with van der Waals surface area (Å²) in [6, 6.07) is 15.4. The standard InChI is InChI=1S/C17H9N7S/c18-8-14-16(19)24(9-5-6-12-13(7-9)23-25-22-12)17-15(20-14)10-3-1-2-4-11(10)21-17/h1-7,19,21H. The molecule has 7 nitrogen and oxygen atoms in total. The van der Waals surface area contributed by atoms with E-state index in [9.17, 15) is 5.26 Å². The van der Waals surface area contributed by atoms with Gasteiger partial charge in [0.05, 0.1) is 17.4 Å². The van der Waals surface area contributed by atoms with E-state index in [0.29, 0.717) is 11.2 Å². The zero-order chi connectivity index (χ0) is 17.0. The number of para-hydroxylation sites is 1. The minimum absolute atomic E-state index is 0.0316. The molecule has 5 aromatic rings. The summed E-state index contributed by atoms with van der Waals surface area (Å²) in [5.74, 6) is 0. The first-order valence-corrected chi connectivity index (χ1v) is 8.20. The van der Waals surface area contributed by atoms with Gasteiger partial charge in [0.1, 0.15) is 28.3 Å². The van der Waals surface area contributed by atoms with Gasteiger partial charge in [0.25, 0.3) is 0 Å².